The van der Waals surface area contributed by atoms with Gasteiger partial charge in [-0.3, -0.25) is 0 Å². The molecule has 0 radical (unpaired) electrons. The van der Waals surface area contributed by atoms with Crippen molar-refractivity contribution in [1.82, 2.24) is 10.3 Å². The van der Waals surface area contributed by atoms with E-state index in [9.17, 15) is 9.90 Å². The molecule has 36 heavy (non-hydrogen) atoms. The van der Waals surface area contributed by atoms with Gasteiger partial charge in [-0.2, -0.15) is 0 Å². The predicted octanol–water partition coefficient (Wildman–Crippen LogP) is 6.25. The molecule has 6 heteroatoms. The van der Waals surface area contributed by atoms with E-state index in [1.165, 1.54) is 44.8 Å². The Morgan fingerprint density at radius 2 is 1.75 bits per heavy atom. The average molecular weight is 482 g/mol. The van der Waals surface area contributed by atoms with Gasteiger partial charge in [-0.05, 0) is 42.7 Å². The summed E-state index contributed by atoms with van der Waals surface area (Å²) in [7, 11) is 1.35. The fourth-order valence-corrected chi connectivity index (χ4v) is 4.91. The molecule has 3 N–H and O–H groups in total. The minimum atomic E-state index is -0.428. The first-order valence-electron chi connectivity index (χ1n) is 12.5. The molecule has 0 bridgehead atoms. The molecule has 0 aliphatic heterocycles. The molecule has 0 spiro atoms. The van der Waals surface area contributed by atoms with E-state index in [1.807, 2.05) is 48.5 Å². The second-order valence-electron chi connectivity index (χ2n) is 9.31. The number of methoxy groups -OCH3 is 1. The fourth-order valence-electron chi connectivity index (χ4n) is 4.91. The highest BCUT2D eigenvalue weighted by molar-refractivity contribution is 6.22. The number of benzene rings is 3. The lowest BCUT2D eigenvalue weighted by Crippen LogP contribution is -2.30. The molecule has 1 aliphatic carbocycles. The Balaban J connectivity index is 1.48. The van der Waals surface area contributed by atoms with Crippen LogP contribution in [0.5, 0.6) is 5.88 Å². The second kappa shape index (κ2) is 10.8. The number of nitrogens with zero attached hydrogens (tertiary/aromatic N) is 1. The number of esters is 1. The maximum Gasteiger partial charge on any atom is 0.337 e. The van der Waals surface area contributed by atoms with Crippen molar-refractivity contribution < 1.29 is 14.6 Å². The summed E-state index contributed by atoms with van der Waals surface area (Å²) in [6.07, 6.45) is 6.51. The van der Waals surface area contributed by atoms with E-state index >= 15 is 0 Å². The number of hydrogen-bond acceptors (Lipinski definition) is 5. The molecule has 6 nitrogen and oxygen atoms in total. The molecule has 0 saturated heterocycles. The summed E-state index contributed by atoms with van der Waals surface area (Å²) in [6.45, 7) is 0.853. The van der Waals surface area contributed by atoms with Crippen molar-refractivity contribution in [2.45, 2.75) is 44.7 Å². The van der Waals surface area contributed by atoms with Crippen LogP contribution in [0.4, 0.5) is 5.69 Å². The maximum atomic E-state index is 12.0. The van der Waals surface area contributed by atoms with Crippen LogP contribution >= 0.6 is 0 Å². The van der Waals surface area contributed by atoms with E-state index in [0.29, 0.717) is 28.4 Å². The summed E-state index contributed by atoms with van der Waals surface area (Å²) in [6, 6.07) is 23.9. The van der Waals surface area contributed by atoms with Crippen molar-refractivity contribution in [2.24, 2.45) is 4.99 Å². The first-order valence-corrected chi connectivity index (χ1v) is 12.5. The van der Waals surface area contributed by atoms with E-state index in [1.54, 1.807) is 12.1 Å². The monoisotopic (exact) mass is 481 g/mol. The molecule has 5 rings (SSSR count). The van der Waals surface area contributed by atoms with Crippen molar-refractivity contribution >= 4 is 28.3 Å². The quantitative estimate of drug-likeness (QED) is 0.215. The summed E-state index contributed by atoms with van der Waals surface area (Å²) >= 11 is 0. The van der Waals surface area contributed by atoms with Crippen molar-refractivity contribution in [3.8, 4) is 5.88 Å². The molecule has 184 valence electrons. The van der Waals surface area contributed by atoms with Gasteiger partial charge in [-0.1, -0.05) is 67.8 Å². The third-order valence-electron chi connectivity index (χ3n) is 6.86. The van der Waals surface area contributed by atoms with Crippen molar-refractivity contribution in [3.63, 3.8) is 0 Å². The molecule has 1 aromatic heterocycles. The van der Waals surface area contributed by atoms with Gasteiger partial charge in [-0.15, -0.1) is 0 Å². The van der Waals surface area contributed by atoms with Crippen LogP contribution in [0, 0.1) is 0 Å². The lowest BCUT2D eigenvalue weighted by molar-refractivity contribution is 0.0601. The molecule has 0 amide bonds. The highest BCUT2D eigenvalue weighted by atomic mass is 16.5. The number of hydrogen-bond donors (Lipinski definition) is 3. The molecular formula is C30H31N3O3. The molecule has 0 atom stereocenters. The Labute approximate surface area is 211 Å². The van der Waals surface area contributed by atoms with Gasteiger partial charge in [0.25, 0.3) is 0 Å². The van der Waals surface area contributed by atoms with Crippen molar-refractivity contribution in [3.05, 3.63) is 95.1 Å². The third kappa shape index (κ3) is 5.19. The molecule has 4 aromatic rings. The van der Waals surface area contributed by atoms with Gasteiger partial charge in [0.05, 0.1) is 29.6 Å². The van der Waals surface area contributed by atoms with Crippen molar-refractivity contribution in [1.29, 1.82) is 0 Å². The average Bonchev–Trinajstić information content (AvgIpc) is 3.26. The standard InChI is InChI=1S/C30H31N3O3/c1-36-30(35)22-14-17-25-26(18-22)33-29(34)27(25)28(21-8-4-2-5-9-21)32-24-15-12-20(13-16-24)19-31-23-10-6-3-7-11-23/h2,4-5,8-9,12-18,23,31,33-34H,3,6-7,10-11,19H2,1H3. The maximum absolute atomic E-state index is 12.0. The summed E-state index contributed by atoms with van der Waals surface area (Å²) < 4.78 is 4.84. The normalized spacial score (nSPS) is 14.8. The molecule has 1 saturated carbocycles. The number of nitrogens with one attached hydrogen (secondary N) is 2. The third-order valence-corrected chi connectivity index (χ3v) is 6.86. The number of aliphatic imine (C=N–C) groups is 1. The minimum absolute atomic E-state index is 0.00270. The number of H-pyrrole nitrogens is 1. The number of carbonyl (C=O) groups is 1. The van der Waals surface area contributed by atoms with Crippen LogP contribution in [0.1, 0.15) is 59.2 Å². The Morgan fingerprint density at radius 3 is 2.47 bits per heavy atom. The first-order chi connectivity index (χ1) is 17.6. The lowest BCUT2D eigenvalue weighted by atomic mass is 9.95. The number of aromatic nitrogens is 1. The van der Waals surface area contributed by atoms with Crippen LogP contribution in [0.3, 0.4) is 0 Å². The summed E-state index contributed by atoms with van der Waals surface area (Å²) in [5.41, 5.74) is 5.20. The van der Waals surface area contributed by atoms with E-state index in [2.05, 4.69) is 22.4 Å². The molecule has 1 heterocycles. The Kier molecular flexibility index (Phi) is 7.14. The number of aromatic hydroxyl groups is 1. The second-order valence-corrected chi connectivity index (χ2v) is 9.31. The largest absolute Gasteiger partial charge is 0.494 e. The highest BCUT2D eigenvalue weighted by Crippen LogP contribution is 2.32. The lowest BCUT2D eigenvalue weighted by Gasteiger charge is -2.22. The van der Waals surface area contributed by atoms with Crippen LogP contribution in [0.2, 0.25) is 0 Å². The van der Waals surface area contributed by atoms with Gasteiger partial charge in [0.15, 0.2) is 5.88 Å². The van der Waals surface area contributed by atoms with Gasteiger partial charge in [0, 0.05) is 29.1 Å². The summed E-state index contributed by atoms with van der Waals surface area (Å²) in [5.74, 6) is -0.425. The van der Waals surface area contributed by atoms with E-state index in [4.69, 9.17) is 9.73 Å². The molecule has 1 fully saturated rings. The zero-order chi connectivity index (χ0) is 24.9. The Bertz CT molecular complexity index is 1370. The van der Waals surface area contributed by atoms with Gasteiger partial charge < -0.3 is 20.1 Å². The topological polar surface area (TPSA) is 86.7 Å². The van der Waals surface area contributed by atoms with Gasteiger partial charge in [-0.25, -0.2) is 9.79 Å². The SMILES string of the molecule is COC(=O)c1ccc2c(C(=Nc3ccc(CNC4CCCCC4)cc3)c3ccccc3)c(O)[nH]c2c1. The number of rotatable bonds is 7. The number of aromatic amines is 1. The van der Waals surface area contributed by atoms with E-state index in [0.717, 1.165) is 23.2 Å². The minimum Gasteiger partial charge on any atom is -0.494 e. The predicted molar refractivity (Wildman–Crippen MR) is 143 cm³/mol. The number of fused-ring (bicyclic) bond motifs is 1. The van der Waals surface area contributed by atoms with Gasteiger partial charge >= 0.3 is 5.97 Å². The fraction of sp³-hybridized carbons (Fsp3) is 0.267. The van der Waals surface area contributed by atoms with Crippen LogP contribution in [-0.4, -0.2) is 34.9 Å². The van der Waals surface area contributed by atoms with Gasteiger partial charge in [0.2, 0.25) is 0 Å². The van der Waals surface area contributed by atoms with Crippen molar-refractivity contribution in [2.75, 3.05) is 7.11 Å². The Hall–Kier alpha value is -3.90. The Morgan fingerprint density at radius 1 is 1.00 bits per heavy atom. The smallest absolute Gasteiger partial charge is 0.337 e. The summed E-state index contributed by atoms with van der Waals surface area (Å²) in [5, 5.41) is 15.4. The van der Waals surface area contributed by atoms with Crippen LogP contribution in [-0.2, 0) is 11.3 Å². The highest BCUT2D eigenvalue weighted by Gasteiger charge is 2.20. The molecular weight excluding hydrogens is 450 g/mol. The first kappa shape index (κ1) is 23.8. The van der Waals surface area contributed by atoms with Crippen LogP contribution < -0.4 is 5.32 Å². The van der Waals surface area contributed by atoms with Gasteiger partial charge in [0.1, 0.15) is 0 Å². The van der Waals surface area contributed by atoms with Crippen LogP contribution in [0.25, 0.3) is 10.9 Å². The molecule has 3 aromatic carbocycles. The number of carbonyl (C=O) groups excluding carboxylic acids is 1. The molecule has 0 unspecified atom stereocenters. The van der Waals surface area contributed by atoms with E-state index < -0.39 is 5.97 Å². The zero-order valence-electron chi connectivity index (χ0n) is 20.5. The summed E-state index contributed by atoms with van der Waals surface area (Å²) in [4.78, 5) is 20.0. The zero-order valence-corrected chi connectivity index (χ0v) is 20.5. The number of ether oxygens (including phenoxy) is 1. The van der Waals surface area contributed by atoms with Crippen LogP contribution in [0.15, 0.2) is 77.8 Å². The van der Waals surface area contributed by atoms with E-state index in [-0.39, 0.29) is 5.88 Å². The molecule has 1 aliphatic rings.